The summed E-state index contributed by atoms with van der Waals surface area (Å²) in [5, 5.41) is 3.93. The summed E-state index contributed by atoms with van der Waals surface area (Å²) in [5.41, 5.74) is 0.0513. The summed E-state index contributed by atoms with van der Waals surface area (Å²) >= 11 is 0. The van der Waals surface area contributed by atoms with E-state index in [0.717, 1.165) is 16.8 Å². The van der Waals surface area contributed by atoms with Crippen LogP contribution in [0.15, 0.2) is 30.7 Å². The van der Waals surface area contributed by atoms with Crippen LogP contribution in [0.1, 0.15) is 5.56 Å². The number of aromatic nitrogens is 5. The molecule has 0 spiro atoms. The molecule has 0 aliphatic carbocycles. The monoisotopic (exact) mass is 439 g/mol. The highest BCUT2D eigenvalue weighted by Crippen LogP contribution is 2.37. The van der Waals surface area contributed by atoms with E-state index >= 15 is 0 Å². The molecule has 31 heavy (non-hydrogen) atoms. The zero-order valence-electron chi connectivity index (χ0n) is 16.2. The van der Waals surface area contributed by atoms with Crippen molar-refractivity contribution in [1.29, 1.82) is 0 Å². The number of fused-ring (bicyclic) bond motifs is 2. The second-order valence-electron chi connectivity index (χ2n) is 7.89. The summed E-state index contributed by atoms with van der Waals surface area (Å²) in [4.78, 5) is 16.8. The van der Waals surface area contributed by atoms with Crippen LogP contribution in [-0.2, 0) is 12.7 Å². The first-order valence-electron chi connectivity index (χ1n) is 9.78. The first-order chi connectivity index (χ1) is 14.8. The molecule has 0 N–H and O–H groups in total. The highest BCUT2D eigenvalue weighted by Gasteiger charge is 2.41. The molecule has 5 rings (SSSR count). The summed E-state index contributed by atoms with van der Waals surface area (Å²) in [6, 6.07) is 2.05. The molecule has 2 saturated heterocycles. The Morgan fingerprint density at radius 1 is 0.968 bits per heavy atom. The third-order valence-electron chi connectivity index (χ3n) is 5.85. The van der Waals surface area contributed by atoms with Crippen molar-refractivity contribution in [1.82, 2.24) is 24.7 Å². The predicted molar refractivity (Wildman–Crippen MR) is 102 cm³/mol. The van der Waals surface area contributed by atoms with E-state index in [1.165, 1.54) is 12.4 Å². The molecule has 0 aromatic carbocycles. The van der Waals surface area contributed by atoms with Gasteiger partial charge in [-0.2, -0.15) is 18.3 Å². The fourth-order valence-electron chi connectivity index (χ4n) is 4.39. The molecule has 12 heteroatoms. The van der Waals surface area contributed by atoms with Gasteiger partial charge >= 0.3 is 6.18 Å². The number of hydrogen-bond acceptors (Lipinski definition) is 6. The lowest BCUT2D eigenvalue weighted by Gasteiger charge is -2.23. The lowest BCUT2D eigenvalue weighted by molar-refractivity contribution is -0.137. The van der Waals surface area contributed by atoms with E-state index in [1.54, 1.807) is 6.20 Å². The maximum absolute atomic E-state index is 13.0. The number of hydrogen-bond donors (Lipinski definition) is 0. The van der Waals surface area contributed by atoms with Crippen LogP contribution in [0.25, 0.3) is 11.2 Å². The predicted octanol–water partition coefficient (Wildman–Crippen LogP) is 3.08. The third-order valence-corrected chi connectivity index (χ3v) is 5.85. The highest BCUT2D eigenvalue weighted by molar-refractivity contribution is 5.71. The molecule has 0 radical (unpaired) electrons. The van der Waals surface area contributed by atoms with Gasteiger partial charge in [0.2, 0.25) is 0 Å². The van der Waals surface area contributed by atoms with Gasteiger partial charge in [0.15, 0.2) is 5.65 Å². The van der Waals surface area contributed by atoms with E-state index in [9.17, 15) is 22.0 Å². The normalized spacial score (nSPS) is 21.5. The molecule has 7 nitrogen and oxygen atoms in total. The molecule has 0 unspecified atom stereocenters. The molecule has 2 aliphatic rings. The number of pyridine rings is 1. The SMILES string of the molecule is FC(F)Cn1ncc2ncc(N3C[C@H]4CN(c5cc(C(F)(F)F)ccn5)C[C@H]4C3)nc21. The van der Waals surface area contributed by atoms with E-state index in [1.807, 2.05) is 9.80 Å². The minimum Gasteiger partial charge on any atom is -0.356 e. The third kappa shape index (κ3) is 3.74. The molecule has 2 fully saturated rings. The Kier molecular flexibility index (Phi) is 4.67. The molecule has 0 saturated carbocycles. The van der Waals surface area contributed by atoms with Gasteiger partial charge in [-0.15, -0.1) is 0 Å². The first-order valence-corrected chi connectivity index (χ1v) is 9.78. The second-order valence-corrected chi connectivity index (χ2v) is 7.89. The van der Waals surface area contributed by atoms with Crippen molar-refractivity contribution in [2.75, 3.05) is 36.0 Å². The average molecular weight is 439 g/mol. The van der Waals surface area contributed by atoms with Crippen LogP contribution in [0.3, 0.4) is 0 Å². The molecule has 0 amide bonds. The van der Waals surface area contributed by atoms with E-state index in [0.29, 0.717) is 49.0 Å². The highest BCUT2D eigenvalue weighted by atomic mass is 19.4. The van der Waals surface area contributed by atoms with Crippen LogP contribution < -0.4 is 9.80 Å². The van der Waals surface area contributed by atoms with Crippen LogP contribution >= 0.6 is 0 Å². The summed E-state index contributed by atoms with van der Waals surface area (Å²) in [6.07, 6.45) is -2.75. The standard InChI is InChI=1S/C19H18F5N7/c20-15(21)10-31-18-14(4-27-31)26-5-17(28-18)30-8-11-6-29(7-12(11)9-30)16-3-13(1-2-25-16)19(22,23)24/h1-5,11-12,15H,6-10H2/t11-,12+. The first kappa shape index (κ1) is 19.9. The topological polar surface area (TPSA) is 63.0 Å². The lowest BCUT2D eigenvalue weighted by Crippen LogP contribution is -2.30. The quantitative estimate of drug-likeness (QED) is 0.583. The van der Waals surface area contributed by atoms with E-state index in [4.69, 9.17) is 0 Å². The lowest BCUT2D eigenvalue weighted by atomic mass is 10.0. The number of rotatable bonds is 4. The van der Waals surface area contributed by atoms with Crippen molar-refractivity contribution in [2.45, 2.75) is 19.1 Å². The molecule has 3 aromatic heterocycles. The van der Waals surface area contributed by atoms with Crippen LogP contribution in [0, 0.1) is 11.8 Å². The fourth-order valence-corrected chi connectivity index (χ4v) is 4.39. The van der Waals surface area contributed by atoms with Gasteiger partial charge in [0.05, 0.1) is 18.0 Å². The average Bonchev–Trinajstić information content (AvgIpc) is 3.40. The van der Waals surface area contributed by atoms with Gasteiger partial charge < -0.3 is 9.80 Å². The Balaban J connectivity index is 1.30. The van der Waals surface area contributed by atoms with Crippen LogP contribution in [0.5, 0.6) is 0 Å². The van der Waals surface area contributed by atoms with Crippen LogP contribution in [0.2, 0.25) is 0 Å². The van der Waals surface area contributed by atoms with Crippen molar-refractivity contribution in [2.24, 2.45) is 11.8 Å². The minimum atomic E-state index is -4.40. The molecule has 0 bridgehead atoms. The Bertz CT molecular complexity index is 1080. The van der Waals surface area contributed by atoms with Crippen molar-refractivity contribution < 1.29 is 22.0 Å². The summed E-state index contributed by atoms with van der Waals surface area (Å²) in [5.74, 6) is 1.38. The molecule has 2 aliphatic heterocycles. The van der Waals surface area contributed by atoms with Gasteiger partial charge in [0.25, 0.3) is 6.43 Å². The number of alkyl halides is 5. The Hall–Kier alpha value is -3.05. The minimum absolute atomic E-state index is 0.236. The van der Waals surface area contributed by atoms with Crippen molar-refractivity contribution in [3.63, 3.8) is 0 Å². The van der Waals surface area contributed by atoms with Crippen molar-refractivity contribution in [3.05, 3.63) is 36.3 Å². The second kappa shape index (κ2) is 7.27. The van der Waals surface area contributed by atoms with Gasteiger partial charge in [-0.1, -0.05) is 0 Å². The van der Waals surface area contributed by atoms with Gasteiger partial charge in [-0.25, -0.2) is 28.4 Å². The van der Waals surface area contributed by atoms with Gasteiger partial charge in [0.1, 0.15) is 23.7 Å². The number of halogens is 5. The molecule has 3 aromatic rings. The summed E-state index contributed by atoms with van der Waals surface area (Å²) in [6.45, 7) is 1.95. The Labute approximate surface area is 173 Å². The molecular weight excluding hydrogens is 421 g/mol. The van der Waals surface area contributed by atoms with Gasteiger partial charge in [-0.3, -0.25) is 0 Å². The summed E-state index contributed by atoms with van der Waals surface area (Å²) in [7, 11) is 0. The van der Waals surface area contributed by atoms with Crippen LogP contribution in [-0.4, -0.2) is 57.3 Å². The molecule has 5 heterocycles. The van der Waals surface area contributed by atoms with Crippen molar-refractivity contribution in [3.8, 4) is 0 Å². The smallest absolute Gasteiger partial charge is 0.356 e. The van der Waals surface area contributed by atoms with Crippen molar-refractivity contribution >= 4 is 22.8 Å². The molecule has 2 atom stereocenters. The molecule has 164 valence electrons. The van der Waals surface area contributed by atoms with E-state index in [-0.39, 0.29) is 11.8 Å². The Morgan fingerprint density at radius 2 is 1.65 bits per heavy atom. The number of nitrogens with zero attached hydrogens (tertiary/aromatic N) is 7. The zero-order chi connectivity index (χ0) is 21.8. The maximum atomic E-state index is 13.0. The van der Waals surface area contributed by atoms with E-state index in [2.05, 4.69) is 20.1 Å². The summed E-state index contributed by atoms with van der Waals surface area (Å²) < 4.78 is 65.7. The maximum Gasteiger partial charge on any atom is 0.416 e. The number of anilines is 2. The molecular formula is C19H18F5N7. The van der Waals surface area contributed by atoms with Gasteiger partial charge in [0, 0.05) is 44.2 Å². The Morgan fingerprint density at radius 3 is 2.29 bits per heavy atom. The fraction of sp³-hybridized carbons (Fsp3) is 0.474. The largest absolute Gasteiger partial charge is 0.416 e. The van der Waals surface area contributed by atoms with E-state index < -0.39 is 24.7 Å². The zero-order valence-corrected chi connectivity index (χ0v) is 16.2. The van der Waals surface area contributed by atoms with Gasteiger partial charge in [-0.05, 0) is 12.1 Å². The van der Waals surface area contributed by atoms with Crippen LogP contribution in [0.4, 0.5) is 33.6 Å².